The Morgan fingerprint density at radius 2 is 1.81 bits per heavy atom. The van der Waals surface area contributed by atoms with Gasteiger partial charge in [0.25, 0.3) is 5.69 Å². The highest BCUT2D eigenvalue weighted by Crippen LogP contribution is 2.27. The first-order chi connectivity index (χ1) is 15.4. The minimum atomic E-state index is -0.405. The summed E-state index contributed by atoms with van der Waals surface area (Å²) in [7, 11) is 1.83. The minimum Gasteiger partial charge on any atom is -0.439 e. The van der Waals surface area contributed by atoms with Crippen LogP contribution in [0.2, 0.25) is 0 Å². The molecule has 8 nitrogen and oxygen atoms in total. The van der Waals surface area contributed by atoms with Crippen molar-refractivity contribution in [1.29, 1.82) is 0 Å². The number of hydrogen-bond donors (Lipinski definition) is 1. The third-order valence-electron chi connectivity index (χ3n) is 4.91. The Hall–Kier alpha value is -3.94. The number of benzene rings is 2. The van der Waals surface area contributed by atoms with Gasteiger partial charge in [-0.3, -0.25) is 10.1 Å². The number of aryl methyl sites for hydroxylation is 2. The Morgan fingerprint density at radius 1 is 1.09 bits per heavy atom. The SMILES string of the molecule is CC.Cc1ccc(Oc2ccc(C(C)Nc3nc4ccc([N+](=O)[O-])cc4n3C)cc2)nc1. The van der Waals surface area contributed by atoms with Gasteiger partial charge in [-0.2, -0.15) is 0 Å². The van der Waals surface area contributed by atoms with Crippen LogP contribution in [0, 0.1) is 17.0 Å². The standard InChI is InChI=1S/C22H21N5O3.C2H6/c1-14-4-11-21(23-13-14)30-18-8-5-16(6-9-18)15(2)24-22-25-19-10-7-17(27(28)29)12-20(19)26(22)3;1-2/h4-13,15H,1-3H3,(H,24,25);1-2H3. The zero-order chi connectivity index (χ0) is 23.3. The van der Waals surface area contributed by atoms with Gasteiger partial charge in [0.1, 0.15) is 5.75 Å². The fourth-order valence-electron chi connectivity index (χ4n) is 3.16. The van der Waals surface area contributed by atoms with Crippen molar-refractivity contribution in [3.05, 3.63) is 82.0 Å². The van der Waals surface area contributed by atoms with Gasteiger partial charge in [-0.15, -0.1) is 0 Å². The molecule has 4 rings (SSSR count). The van der Waals surface area contributed by atoms with Gasteiger partial charge in [-0.05, 0) is 43.2 Å². The molecule has 0 amide bonds. The van der Waals surface area contributed by atoms with E-state index in [1.165, 1.54) is 12.1 Å². The molecular weight excluding hydrogens is 406 g/mol. The third kappa shape index (κ3) is 5.03. The van der Waals surface area contributed by atoms with Crippen LogP contribution in [0.4, 0.5) is 11.6 Å². The molecule has 0 bridgehead atoms. The molecule has 2 heterocycles. The first kappa shape index (κ1) is 22.7. The average molecular weight is 434 g/mol. The second kappa shape index (κ2) is 9.91. The predicted octanol–water partition coefficient (Wildman–Crippen LogP) is 6.18. The summed E-state index contributed by atoms with van der Waals surface area (Å²) in [6.07, 6.45) is 1.77. The predicted molar refractivity (Wildman–Crippen MR) is 126 cm³/mol. The number of anilines is 1. The highest BCUT2D eigenvalue weighted by Gasteiger charge is 2.15. The maximum atomic E-state index is 11.0. The summed E-state index contributed by atoms with van der Waals surface area (Å²) in [5.41, 5.74) is 3.58. The van der Waals surface area contributed by atoms with E-state index in [4.69, 9.17) is 4.74 Å². The van der Waals surface area contributed by atoms with E-state index in [1.807, 2.05) is 75.7 Å². The Labute approximate surface area is 187 Å². The lowest BCUT2D eigenvalue weighted by molar-refractivity contribution is -0.384. The highest BCUT2D eigenvalue weighted by molar-refractivity contribution is 5.81. The van der Waals surface area contributed by atoms with Crippen LogP contribution in [0.25, 0.3) is 11.0 Å². The van der Waals surface area contributed by atoms with E-state index in [9.17, 15) is 10.1 Å². The number of nitro groups is 1. The zero-order valence-electron chi connectivity index (χ0n) is 18.9. The van der Waals surface area contributed by atoms with Crippen LogP contribution in [0.1, 0.15) is 37.9 Å². The molecule has 0 fully saturated rings. The molecule has 1 unspecified atom stereocenters. The van der Waals surface area contributed by atoms with Gasteiger partial charge >= 0.3 is 0 Å². The number of rotatable bonds is 6. The monoisotopic (exact) mass is 433 g/mol. The maximum absolute atomic E-state index is 11.0. The first-order valence-corrected chi connectivity index (χ1v) is 10.5. The van der Waals surface area contributed by atoms with E-state index < -0.39 is 4.92 Å². The number of non-ortho nitro benzene ring substituents is 1. The number of nitro benzene ring substituents is 1. The number of ether oxygens (including phenoxy) is 1. The molecule has 32 heavy (non-hydrogen) atoms. The quantitative estimate of drug-likeness (QED) is 0.288. The third-order valence-corrected chi connectivity index (χ3v) is 4.91. The van der Waals surface area contributed by atoms with Crippen molar-refractivity contribution in [1.82, 2.24) is 14.5 Å². The minimum absolute atomic E-state index is 0.0259. The molecule has 0 aliphatic carbocycles. The molecule has 0 saturated carbocycles. The highest BCUT2D eigenvalue weighted by atomic mass is 16.6. The van der Waals surface area contributed by atoms with Crippen molar-refractivity contribution < 1.29 is 9.66 Å². The molecule has 4 aromatic rings. The van der Waals surface area contributed by atoms with Crippen molar-refractivity contribution in [3.8, 4) is 11.6 Å². The maximum Gasteiger partial charge on any atom is 0.271 e. The lowest BCUT2D eigenvalue weighted by Gasteiger charge is -2.15. The molecule has 1 N–H and O–H groups in total. The number of fused-ring (bicyclic) bond motifs is 1. The lowest BCUT2D eigenvalue weighted by Crippen LogP contribution is -2.10. The summed E-state index contributed by atoms with van der Waals surface area (Å²) >= 11 is 0. The molecule has 8 heteroatoms. The summed E-state index contributed by atoms with van der Waals surface area (Å²) in [4.78, 5) is 19.4. The lowest BCUT2D eigenvalue weighted by atomic mass is 10.1. The number of imidazole rings is 1. The number of nitrogens with zero attached hydrogens (tertiary/aromatic N) is 4. The van der Waals surface area contributed by atoms with Crippen LogP contribution < -0.4 is 10.1 Å². The van der Waals surface area contributed by atoms with Gasteiger partial charge < -0.3 is 14.6 Å². The van der Waals surface area contributed by atoms with Crippen LogP contribution in [0.5, 0.6) is 11.6 Å². The molecule has 1 atom stereocenters. The van der Waals surface area contributed by atoms with Crippen molar-refractivity contribution in [3.63, 3.8) is 0 Å². The average Bonchev–Trinajstić information content (AvgIpc) is 3.11. The van der Waals surface area contributed by atoms with Gasteiger partial charge in [0.2, 0.25) is 11.8 Å². The Bertz CT molecular complexity index is 1200. The molecule has 0 aliphatic heterocycles. The number of pyridine rings is 1. The second-order valence-electron chi connectivity index (χ2n) is 7.14. The zero-order valence-corrected chi connectivity index (χ0v) is 18.9. The van der Waals surface area contributed by atoms with Gasteiger partial charge in [0, 0.05) is 31.4 Å². The summed E-state index contributed by atoms with van der Waals surface area (Å²) < 4.78 is 7.59. The molecular formula is C24H27N5O3. The van der Waals surface area contributed by atoms with Crippen LogP contribution in [-0.4, -0.2) is 19.5 Å². The Morgan fingerprint density at radius 3 is 2.44 bits per heavy atom. The number of nitrogens with one attached hydrogen (secondary N) is 1. The van der Waals surface area contributed by atoms with E-state index in [2.05, 4.69) is 15.3 Å². The Balaban J connectivity index is 0.00000141. The molecule has 2 aromatic carbocycles. The molecule has 0 saturated heterocycles. The van der Waals surface area contributed by atoms with Crippen LogP contribution >= 0.6 is 0 Å². The van der Waals surface area contributed by atoms with Gasteiger partial charge in [0.05, 0.1) is 22.0 Å². The fraction of sp³-hybridized carbons (Fsp3) is 0.250. The first-order valence-electron chi connectivity index (χ1n) is 10.5. The van der Waals surface area contributed by atoms with E-state index in [1.54, 1.807) is 12.3 Å². The van der Waals surface area contributed by atoms with Gasteiger partial charge in [-0.1, -0.05) is 32.0 Å². The van der Waals surface area contributed by atoms with E-state index in [0.717, 1.165) is 11.1 Å². The van der Waals surface area contributed by atoms with Crippen LogP contribution in [0.3, 0.4) is 0 Å². The smallest absolute Gasteiger partial charge is 0.271 e. The fourth-order valence-corrected chi connectivity index (χ4v) is 3.16. The van der Waals surface area contributed by atoms with Crippen molar-refractivity contribution in [2.24, 2.45) is 7.05 Å². The number of aromatic nitrogens is 3. The van der Waals surface area contributed by atoms with Crippen LogP contribution in [0.15, 0.2) is 60.8 Å². The summed E-state index contributed by atoms with van der Waals surface area (Å²) in [6.45, 7) is 8.00. The topological polar surface area (TPSA) is 95.1 Å². The molecule has 0 aliphatic rings. The summed E-state index contributed by atoms with van der Waals surface area (Å²) in [6, 6.07) is 16.2. The summed E-state index contributed by atoms with van der Waals surface area (Å²) in [5.74, 6) is 1.90. The van der Waals surface area contributed by atoms with Crippen LogP contribution in [-0.2, 0) is 7.05 Å². The van der Waals surface area contributed by atoms with Crippen molar-refractivity contribution >= 4 is 22.7 Å². The van der Waals surface area contributed by atoms with E-state index >= 15 is 0 Å². The largest absolute Gasteiger partial charge is 0.439 e. The second-order valence-corrected chi connectivity index (χ2v) is 7.14. The normalized spacial score (nSPS) is 11.4. The van der Waals surface area contributed by atoms with Crippen molar-refractivity contribution in [2.75, 3.05) is 5.32 Å². The molecule has 166 valence electrons. The van der Waals surface area contributed by atoms with E-state index in [0.29, 0.717) is 28.6 Å². The molecule has 0 radical (unpaired) electrons. The molecule has 0 spiro atoms. The molecule has 2 aromatic heterocycles. The Kier molecular flexibility index (Phi) is 7.04. The van der Waals surface area contributed by atoms with Crippen molar-refractivity contribution in [2.45, 2.75) is 33.7 Å². The summed E-state index contributed by atoms with van der Waals surface area (Å²) in [5, 5.41) is 14.4. The van der Waals surface area contributed by atoms with Gasteiger partial charge in [-0.25, -0.2) is 9.97 Å². The van der Waals surface area contributed by atoms with Gasteiger partial charge in [0.15, 0.2) is 0 Å². The number of hydrogen-bond acceptors (Lipinski definition) is 6. The van der Waals surface area contributed by atoms with E-state index in [-0.39, 0.29) is 11.7 Å².